The summed E-state index contributed by atoms with van der Waals surface area (Å²) in [6, 6.07) is 9.86. The van der Waals surface area contributed by atoms with Gasteiger partial charge in [0.25, 0.3) is 0 Å². The summed E-state index contributed by atoms with van der Waals surface area (Å²) in [5.74, 6) is 1.79. The molecule has 11 nitrogen and oxygen atoms in total. The van der Waals surface area contributed by atoms with E-state index in [-0.39, 0.29) is 13.2 Å². The summed E-state index contributed by atoms with van der Waals surface area (Å²) in [4.78, 5) is 13.0. The smallest absolute Gasteiger partial charge is 0.353 e. The zero-order chi connectivity index (χ0) is 24.1. The highest BCUT2D eigenvalue weighted by atomic mass is 31.2. The number of hydrogen-bond acceptors (Lipinski definition) is 10. The second kappa shape index (κ2) is 10.7. The number of aromatic nitrogens is 4. The Labute approximate surface area is 197 Å². The number of anilines is 1. The number of aliphatic hydroxyl groups excluding tert-OH is 2. The van der Waals surface area contributed by atoms with Crippen LogP contribution in [0.4, 0.5) is 5.82 Å². The second-order valence-corrected chi connectivity index (χ2v) is 9.47. The highest BCUT2D eigenvalue weighted by Crippen LogP contribution is 2.50. The molecule has 0 spiro atoms. The van der Waals surface area contributed by atoms with Crippen LogP contribution in [0.15, 0.2) is 54.9 Å². The first-order valence-electron chi connectivity index (χ1n) is 11.0. The fraction of sp³-hybridized carbons (Fsp3) is 0.409. The lowest BCUT2D eigenvalue weighted by Gasteiger charge is -2.16. The van der Waals surface area contributed by atoms with Crippen molar-refractivity contribution in [2.75, 3.05) is 18.5 Å². The number of ether oxygens (including phenoxy) is 1. The Morgan fingerprint density at radius 3 is 2.56 bits per heavy atom. The van der Waals surface area contributed by atoms with Crippen LogP contribution in [0, 0.1) is 0 Å². The number of nitrogens with one attached hydrogen (secondary N) is 1. The van der Waals surface area contributed by atoms with Crippen LogP contribution >= 0.6 is 7.60 Å². The van der Waals surface area contributed by atoms with Gasteiger partial charge in [-0.15, -0.1) is 0 Å². The second-order valence-electron chi connectivity index (χ2n) is 7.57. The van der Waals surface area contributed by atoms with Crippen molar-refractivity contribution >= 4 is 24.6 Å². The molecule has 3 N–H and O–H groups in total. The normalized spacial score (nSPS) is 23.2. The van der Waals surface area contributed by atoms with Crippen molar-refractivity contribution in [1.29, 1.82) is 0 Å². The lowest BCUT2D eigenvalue weighted by Crippen LogP contribution is -2.30. The maximum Gasteiger partial charge on any atom is 0.353 e. The van der Waals surface area contributed by atoms with Gasteiger partial charge in [-0.3, -0.25) is 9.13 Å². The minimum atomic E-state index is -3.48. The molecule has 1 aliphatic rings. The summed E-state index contributed by atoms with van der Waals surface area (Å²) >= 11 is 0. The van der Waals surface area contributed by atoms with E-state index in [0.29, 0.717) is 23.5 Å². The van der Waals surface area contributed by atoms with Gasteiger partial charge >= 0.3 is 7.60 Å². The topological polar surface area (TPSA) is 141 Å². The molecular weight excluding hydrogens is 461 g/mol. The van der Waals surface area contributed by atoms with E-state index in [0.717, 1.165) is 5.56 Å². The van der Waals surface area contributed by atoms with Crippen molar-refractivity contribution in [3.8, 4) is 0 Å². The maximum absolute atomic E-state index is 12.7. The van der Waals surface area contributed by atoms with E-state index >= 15 is 0 Å². The van der Waals surface area contributed by atoms with Crippen LogP contribution in [0.2, 0.25) is 0 Å². The number of nitrogens with zero attached hydrogens (tertiary/aromatic N) is 4. The van der Waals surface area contributed by atoms with E-state index in [1.807, 2.05) is 30.3 Å². The molecule has 12 heteroatoms. The van der Waals surface area contributed by atoms with Gasteiger partial charge in [0.15, 0.2) is 23.2 Å². The van der Waals surface area contributed by atoms with Gasteiger partial charge in [-0.25, -0.2) is 15.0 Å². The van der Waals surface area contributed by atoms with Crippen molar-refractivity contribution in [2.45, 2.75) is 44.9 Å². The van der Waals surface area contributed by atoms with Crippen molar-refractivity contribution in [1.82, 2.24) is 19.5 Å². The Kier molecular flexibility index (Phi) is 7.72. The molecule has 4 atom stereocenters. The van der Waals surface area contributed by atoms with Crippen LogP contribution in [-0.4, -0.2) is 61.3 Å². The Morgan fingerprint density at radius 1 is 1.12 bits per heavy atom. The van der Waals surface area contributed by atoms with Gasteiger partial charge in [-0.2, -0.15) is 0 Å². The van der Waals surface area contributed by atoms with E-state index in [2.05, 4.69) is 20.3 Å². The summed E-state index contributed by atoms with van der Waals surface area (Å²) in [5.41, 5.74) is 2.01. The number of fused-ring (bicyclic) bond motifs is 1. The molecule has 0 amide bonds. The summed E-state index contributed by atoms with van der Waals surface area (Å²) in [6.07, 6.45) is -0.196. The fourth-order valence-corrected chi connectivity index (χ4v) is 5.04. The molecule has 1 fully saturated rings. The SMILES string of the molecule is CCOP(=O)(/C=C/[C@H]1O[C@@H](n2cnc3c(NCc4ccccc4)ncnc32)[C@H](O)[C@@H]1O)OCC. The zero-order valence-electron chi connectivity index (χ0n) is 18.9. The quantitative estimate of drug-likeness (QED) is 0.364. The molecule has 0 unspecified atom stereocenters. The van der Waals surface area contributed by atoms with Crippen molar-refractivity contribution in [3.05, 3.63) is 60.4 Å². The average molecular weight is 489 g/mol. The van der Waals surface area contributed by atoms with Crippen LogP contribution < -0.4 is 5.32 Å². The molecule has 34 heavy (non-hydrogen) atoms. The molecule has 1 saturated heterocycles. The average Bonchev–Trinajstić information content (AvgIpc) is 3.39. The van der Waals surface area contributed by atoms with E-state index in [1.54, 1.807) is 13.8 Å². The van der Waals surface area contributed by atoms with Crippen LogP contribution in [0.3, 0.4) is 0 Å². The largest absolute Gasteiger partial charge is 0.387 e. The summed E-state index contributed by atoms with van der Waals surface area (Å²) in [7, 11) is -3.48. The number of hydrogen-bond donors (Lipinski definition) is 3. The third-order valence-electron chi connectivity index (χ3n) is 5.29. The third-order valence-corrected chi connectivity index (χ3v) is 7.06. The van der Waals surface area contributed by atoms with Gasteiger partial charge < -0.3 is 29.3 Å². The van der Waals surface area contributed by atoms with E-state index in [9.17, 15) is 14.8 Å². The molecule has 182 valence electrons. The molecule has 4 rings (SSSR count). The van der Waals surface area contributed by atoms with Crippen LogP contribution in [0.1, 0.15) is 25.6 Å². The van der Waals surface area contributed by atoms with Gasteiger partial charge in [-0.1, -0.05) is 30.3 Å². The molecule has 3 heterocycles. The molecule has 0 radical (unpaired) electrons. The van der Waals surface area contributed by atoms with E-state index in [1.165, 1.54) is 29.1 Å². The summed E-state index contributed by atoms with van der Waals surface area (Å²) < 4.78 is 30.5. The van der Waals surface area contributed by atoms with Gasteiger partial charge in [0.1, 0.15) is 24.6 Å². The lowest BCUT2D eigenvalue weighted by atomic mass is 10.1. The van der Waals surface area contributed by atoms with Crippen LogP contribution in [0.5, 0.6) is 0 Å². The minimum Gasteiger partial charge on any atom is -0.387 e. The standard InChI is InChI=1S/C22H28N5O6P/c1-3-31-34(30,32-4-2)11-10-16-18(28)19(29)22(33-16)27-14-26-17-20(24-13-25-21(17)27)23-12-15-8-6-5-7-9-15/h5-11,13-14,16,18-19,22,28-29H,3-4,12H2,1-2H3,(H,23,24,25)/b11-10+/t16-,18-,19-,22-/m1/s1. The molecule has 0 bridgehead atoms. The number of benzene rings is 1. The van der Waals surface area contributed by atoms with E-state index in [4.69, 9.17) is 13.8 Å². The van der Waals surface area contributed by atoms with Gasteiger partial charge in [0, 0.05) is 12.4 Å². The van der Waals surface area contributed by atoms with Crippen LogP contribution in [-0.2, 0) is 24.9 Å². The molecule has 1 aromatic carbocycles. The summed E-state index contributed by atoms with van der Waals surface area (Å²) in [6.45, 7) is 4.35. The number of aliphatic hydroxyl groups is 2. The lowest BCUT2D eigenvalue weighted by molar-refractivity contribution is -0.0244. The predicted octanol–water partition coefficient (Wildman–Crippen LogP) is 2.84. The van der Waals surface area contributed by atoms with Gasteiger partial charge in [0.2, 0.25) is 0 Å². The Hall–Kier alpha value is -2.66. The molecular formula is C22H28N5O6P. The third kappa shape index (κ3) is 5.20. The Morgan fingerprint density at radius 2 is 1.85 bits per heavy atom. The van der Waals surface area contributed by atoms with E-state index < -0.39 is 32.1 Å². The number of rotatable bonds is 10. The summed E-state index contributed by atoms with van der Waals surface area (Å²) in [5, 5.41) is 24.5. The molecule has 3 aromatic rings. The van der Waals surface area contributed by atoms with Crippen molar-refractivity contribution in [2.24, 2.45) is 0 Å². The number of imidazole rings is 1. The molecule has 1 aliphatic heterocycles. The molecule has 2 aromatic heterocycles. The first-order valence-corrected chi connectivity index (χ1v) is 12.6. The Balaban J connectivity index is 1.54. The van der Waals surface area contributed by atoms with Gasteiger partial charge in [0.05, 0.1) is 19.5 Å². The zero-order valence-corrected chi connectivity index (χ0v) is 19.8. The molecule has 0 saturated carbocycles. The Bertz CT molecular complexity index is 1160. The van der Waals surface area contributed by atoms with Crippen molar-refractivity contribution < 1.29 is 28.6 Å². The van der Waals surface area contributed by atoms with Gasteiger partial charge in [-0.05, 0) is 25.5 Å². The minimum absolute atomic E-state index is 0.197. The van der Waals surface area contributed by atoms with Crippen LogP contribution in [0.25, 0.3) is 11.2 Å². The highest BCUT2D eigenvalue weighted by Gasteiger charge is 2.43. The van der Waals surface area contributed by atoms with Crippen molar-refractivity contribution in [3.63, 3.8) is 0 Å². The molecule has 0 aliphatic carbocycles. The first kappa shape index (κ1) is 24.5. The first-order chi connectivity index (χ1) is 16.5. The monoisotopic (exact) mass is 489 g/mol. The predicted molar refractivity (Wildman–Crippen MR) is 125 cm³/mol. The maximum atomic E-state index is 12.7. The fourth-order valence-electron chi connectivity index (χ4n) is 3.70. The highest BCUT2D eigenvalue weighted by molar-refractivity contribution is 7.57.